The highest BCUT2D eigenvalue weighted by molar-refractivity contribution is 7.78. The zero-order chi connectivity index (χ0) is 11.4. The molecule has 0 amide bonds. The number of nitrogens with zero attached hydrogens (tertiary/aromatic N) is 3. The number of aliphatic imine (C=N–C) groups is 1. The van der Waals surface area contributed by atoms with Gasteiger partial charge < -0.3 is 0 Å². The molecular formula is C7H3N3O4S. The molecular weight excluding hydrogens is 222 g/mol. The molecule has 7 nitrogen and oxygen atoms in total. The predicted molar refractivity (Wildman–Crippen MR) is 54.4 cm³/mol. The molecule has 8 heteroatoms. The quantitative estimate of drug-likeness (QED) is 0.340. The van der Waals surface area contributed by atoms with Gasteiger partial charge in [-0.1, -0.05) is 0 Å². The van der Waals surface area contributed by atoms with Crippen LogP contribution >= 0.6 is 12.2 Å². The van der Waals surface area contributed by atoms with E-state index in [9.17, 15) is 20.2 Å². The van der Waals surface area contributed by atoms with Crippen molar-refractivity contribution in [1.82, 2.24) is 0 Å². The Kier molecular flexibility index (Phi) is 3.17. The predicted octanol–water partition coefficient (Wildman–Crippen LogP) is 2.24. The van der Waals surface area contributed by atoms with Crippen LogP contribution < -0.4 is 0 Å². The van der Waals surface area contributed by atoms with Crippen LogP contribution in [0.15, 0.2) is 23.2 Å². The SMILES string of the molecule is O=[N+]([O-])c1cc(N=C=S)cc([N+](=O)[O-])c1. The fourth-order valence-electron chi connectivity index (χ4n) is 0.908. The van der Waals surface area contributed by atoms with Gasteiger partial charge in [-0.05, 0) is 12.2 Å². The average Bonchev–Trinajstić information content (AvgIpc) is 2.17. The van der Waals surface area contributed by atoms with E-state index < -0.39 is 21.2 Å². The second-order valence-corrected chi connectivity index (χ2v) is 2.61. The van der Waals surface area contributed by atoms with E-state index in [4.69, 9.17) is 0 Å². The first kappa shape index (κ1) is 10.9. The summed E-state index contributed by atoms with van der Waals surface area (Å²) in [5, 5.41) is 22.8. The van der Waals surface area contributed by atoms with Gasteiger partial charge in [0, 0.05) is 12.1 Å². The van der Waals surface area contributed by atoms with Crippen molar-refractivity contribution in [2.75, 3.05) is 0 Å². The van der Waals surface area contributed by atoms with Crippen LogP contribution in [0.25, 0.3) is 0 Å². The lowest BCUT2D eigenvalue weighted by Gasteiger charge is -1.94. The Bertz CT molecular complexity index is 419. The zero-order valence-electron chi connectivity index (χ0n) is 7.11. The number of rotatable bonds is 3. The van der Waals surface area contributed by atoms with Gasteiger partial charge in [0.05, 0.1) is 26.8 Å². The van der Waals surface area contributed by atoms with E-state index in [2.05, 4.69) is 17.2 Å². The average molecular weight is 225 g/mol. The largest absolute Gasteiger partial charge is 0.278 e. The molecule has 1 aromatic rings. The summed E-state index contributed by atoms with van der Waals surface area (Å²) in [5.74, 6) is 0. The maximum atomic E-state index is 10.4. The number of nitro groups is 2. The summed E-state index contributed by atoms with van der Waals surface area (Å²) >= 11 is 4.30. The second kappa shape index (κ2) is 4.36. The van der Waals surface area contributed by atoms with Crippen molar-refractivity contribution in [3.63, 3.8) is 0 Å². The van der Waals surface area contributed by atoms with E-state index in [0.717, 1.165) is 18.2 Å². The number of nitro benzene ring substituents is 2. The maximum Gasteiger partial charge on any atom is 0.278 e. The molecule has 0 atom stereocenters. The molecule has 0 saturated heterocycles. The summed E-state index contributed by atoms with van der Waals surface area (Å²) in [6, 6.07) is 3.00. The Morgan fingerprint density at radius 1 is 1.13 bits per heavy atom. The van der Waals surface area contributed by atoms with E-state index in [1.165, 1.54) is 0 Å². The van der Waals surface area contributed by atoms with E-state index in [0.29, 0.717) is 0 Å². The molecule has 0 fully saturated rings. The number of hydrogen-bond acceptors (Lipinski definition) is 6. The highest BCUT2D eigenvalue weighted by atomic mass is 32.1. The second-order valence-electron chi connectivity index (χ2n) is 2.42. The van der Waals surface area contributed by atoms with Crippen molar-refractivity contribution in [2.24, 2.45) is 4.99 Å². The van der Waals surface area contributed by atoms with Crippen molar-refractivity contribution in [1.29, 1.82) is 0 Å². The molecule has 1 aromatic carbocycles. The van der Waals surface area contributed by atoms with Gasteiger partial charge in [0.25, 0.3) is 11.4 Å². The fraction of sp³-hybridized carbons (Fsp3) is 0. The molecule has 15 heavy (non-hydrogen) atoms. The Balaban J connectivity index is 3.38. The van der Waals surface area contributed by atoms with Crippen LogP contribution in [0, 0.1) is 20.2 Å². The number of thiocarbonyl (C=S) groups is 1. The lowest BCUT2D eigenvalue weighted by molar-refractivity contribution is -0.394. The lowest BCUT2D eigenvalue weighted by atomic mass is 10.2. The first-order valence-corrected chi connectivity index (χ1v) is 3.97. The molecule has 0 aliphatic carbocycles. The zero-order valence-corrected chi connectivity index (χ0v) is 7.93. The summed E-state index contributed by atoms with van der Waals surface area (Å²) in [5.41, 5.74) is -0.785. The minimum Gasteiger partial charge on any atom is -0.258 e. The summed E-state index contributed by atoms with van der Waals surface area (Å²) in [4.78, 5) is 22.8. The van der Waals surface area contributed by atoms with Crippen molar-refractivity contribution in [2.45, 2.75) is 0 Å². The van der Waals surface area contributed by atoms with Crippen molar-refractivity contribution < 1.29 is 9.85 Å². The summed E-state index contributed by atoms with van der Waals surface area (Å²) in [6.07, 6.45) is 0. The van der Waals surface area contributed by atoms with Crippen LogP contribution in [0.5, 0.6) is 0 Å². The molecule has 0 bridgehead atoms. The lowest BCUT2D eigenvalue weighted by Crippen LogP contribution is -1.92. The van der Waals surface area contributed by atoms with Gasteiger partial charge in [-0.15, -0.1) is 0 Å². The topological polar surface area (TPSA) is 98.6 Å². The van der Waals surface area contributed by atoms with Gasteiger partial charge in [0.2, 0.25) is 0 Å². The molecule has 0 aliphatic rings. The van der Waals surface area contributed by atoms with Crippen LogP contribution in [0.4, 0.5) is 17.1 Å². The Labute approximate surface area is 88.4 Å². The molecule has 0 radical (unpaired) electrons. The van der Waals surface area contributed by atoms with Gasteiger partial charge in [-0.25, -0.2) is 0 Å². The Morgan fingerprint density at radius 2 is 1.60 bits per heavy atom. The molecule has 1 rings (SSSR count). The monoisotopic (exact) mass is 225 g/mol. The molecule has 0 unspecified atom stereocenters. The van der Waals surface area contributed by atoms with Crippen LogP contribution in [0.2, 0.25) is 0 Å². The third-order valence-corrected chi connectivity index (χ3v) is 1.57. The van der Waals surface area contributed by atoms with Crippen molar-refractivity contribution in [3.8, 4) is 0 Å². The third-order valence-electron chi connectivity index (χ3n) is 1.48. The van der Waals surface area contributed by atoms with Crippen molar-refractivity contribution in [3.05, 3.63) is 38.4 Å². The molecule has 0 saturated carbocycles. The Morgan fingerprint density at radius 3 is 1.93 bits per heavy atom. The summed E-state index contributed by atoms with van der Waals surface area (Å²) < 4.78 is 0. The number of hydrogen-bond donors (Lipinski definition) is 0. The van der Waals surface area contributed by atoms with E-state index in [-0.39, 0.29) is 5.69 Å². The van der Waals surface area contributed by atoms with E-state index >= 15 is 0 Å². The normalized spacial score (nSPS) is 9.07. The van der Waals surface area contributed by atoms with E-state index in [1.807, 2.05) is 5.16 Å². The minimum absolute atomic E-state index is 0.0332. The molecule has 0 N–H and O–H groups in total. The molecule has 0 aliphatic heterocycles. The molecule has 0 aromatic heterocycles. The first-order valence-electron chi connectivity index (χ1n) is 3.56. The number of isothiocyanates is 1. The highest BCUT2D eigenvalue weighted by Crippen LogP contribution is 2.27. The summed E-state index contributed by atoms with van der Waals surface area (Å²) in [6.45, 7) is 0. The third kappa shape index (κ3) is 2.63. The number of non-ortho nitro benzene ring substituents is 2. The number of benzene rings is 1. The van der Waals surface area contributed by atoms with Crippen molar-refractivity contribution >= 4 is 34.4 Å². The van der Waals surface area contributed by atoms with Crippen LogP contribution in [0.1, 0.15) is 0 Å². The van der Waals surface area contributed by atoms with Crippen LogP contribution in [0.3, 0.4) is 0 Å². The van der Waals surface area contributed by atoms with Gasteiger partial charge in [0.1, 0.15) is 0 Å². The first-order chi connectivity index (χ1) is 7.04. The van der Waals surface area contributed by atoms with Gasteiger partial charge in [-0.2, -0.15) is 4.99 Å². The molecule has 0 spiro atoms. The Hall–Kier alpha value is -2.18. The highest BCUT2D eigenvalue weighted by Gasteiger charge is 2.15. The van der Waals surface area contributed by atoms with Crippen LogP contribution in [-0.2, 0) is 0 Å². The van der Waals surface area contributed by atoms with Gasteiger partial charge >= 0.3 is 0 Å². The van der Waals surface area contributed by atoms with Gasteiger partial charge in [-0.3, -0.25) is 20.2 Å². The van der Waals surface area contributed by atoms with Gasteiger partial charge in [0.15, 0.2) is 0 Å². The smallest absolute Gasteiger partial charge is 0.258 e. The molecule has 0 heterocycles. The summed E-state index contributed by atoms with van der Waals surface area (Å²) in [7, 11) is 0. The fourth-order valence-corrected chi connectivity index (χ4v) is 1.01. The minimum atomic E-state index is -0.741. The standard InChI is InChI=1S/C7H3N3O4S/c11-9(12)6-1-5(8-4-15)2-7(3-6)10(13)14/h1-3H. The van der Waals surface area contributed by atoms with Crippen LogP contribution in [-0.4, -0.2) is 15.0 Å². The maximum absolute atomic E-state index is 10.4. The molecule has 76 valence electrons. The van der Waals surface area contributed by atoms with E-state index in [1.54, 1.807) is 0 Å².